The molecule has 0 fully saturated rings. The van der Waals surface area contributed by atoms with Crippen molar-refractivity contribution < 1.29 is 14.3 Å². The van der Waals surface area contributed by atoms with Crippen LogP contribution in [0.25, 0.3) is 0 Å². The number of benzene rings is 2. The molecule has 0 spiro atoms. The number of anilines is 1. The van der Waals surface area contributed by atoms with E-state index in [4.69, 9.17) is 9.47 Å². The van der Waals surface area contributed by atoms with Crippen molar-refractivity contribution in [3.63, 3.8) is 0 Å². The molecule has 0 heterocycles. The molecule has 0 radical (unpaired) electrons. The predicted octanol–water partition coefficient (Wildman–Crippen LogP) is 4.08. The number of carbonyl (C=O) groups excluding carboxylic acids is 1. The Kier molecular flexibility index (Phi) is 5.12. The molecule has 0 unspecified atom stereocenters. The summed E-state index contributed by atoms with van der Waals surface area (Å²) in [6.07, 6.45) is 3.42. The van der Waals surface area contributed by atoms with Crippen LogP contribution >= 0.6 is 0 Å². The minimum atomic E-state index is -0.222. The lowest BCUT2D eigenvalue weighted by Crippen LogP contribution is -2.31. The second-order valence-corrected chi connectivity index (χ2v) is 6.27. The van der Waals surface area contributed by atoms with Gasteiger partial charge in [0.25, 0.3) is 0 Å². The summed E-state index contributed by atoms with van der Waals surface area (Å²) in [6, 6.07) is 11.4. The Hall–Kier alpha value is -2.69. The van der Waals surface area contributed by atoms with Crippen molar-refractivity contribution in [2.75, 3.05) is 19.5 Å². The fourth-order valence-corrected chi connectivity index (χ4v) is 3.22. The van der Waals surface area contributed by atoms with E-state index < -0.39 is 0 Å². The summed E-state index contributed by atoms with van der Waals surface area (Å²) in [5, 5.41) is 5.87. The Balaban J connectivity index is 1.64. The van der Waals surface area contributed by atoms with E-state index in [-0.39, 0.29) is 12.1 Å². The zero-order valence-corrected chi connectivity index (χ0v) is 14.9. The topological polar surface area (TPSA) is 59.6 Å². The molecular formula is C20H24N2O3. The normalized spacial score (nSPS) is 13.7. The standard InChI is InChI=1S/C20H24N2O3/c1-13(15-8-10-18(24-2)19(12-15)25-3)21-20(23)22-17-9-7-14-5-4-6-16(14)11-17/h7-13H,4-6H2,1-3H3,(H2,21,22,23)/t13-/m0/s1. The molecule has 0 saturated heterocycles. The molecule has 0 aromatic heterocycles. The molecular weight excluding hydrogens is 316 g/mol. The molecule has 132 valence electrons. The van der Waals surface area contributed by atoms with Gasteiger partial charge in [-0.15, -0.1) is 0 Å². The fraction of sp³-hybridized carbons (Fsp3) is 0.350. The molecule has 2 aromatic carbocycles. The van der Waals surface area contributed by atoms with Crippen molar-refractivity contribution in [3.8, 4) is 11.5 Å². The summed E-state index contributed by atoms with van der Waals surface area (Å²) in [5.74, 6) is 1.31. The fourth-order valence-electron chi connectivity index (χ4n) is 3.22. The molecule has 3 rings (SSSR count). The van der Waals surface area contributed by atoms with E-state index in [1.54, 1.807) is 14.2 Å². The Morgan fingerprint density at radius 1 is 1.00 bits per heavy atom. The number of carbonyl (C=O) groups is 1. The summed E-state index contributed by atoms with van der Waals surface area (Å²) in [4.78, 5) is 12.3. The molecule has 0 saturated carbocycles. The van der Waals surface area contributed by atoms with Gasteiger partial charge in [-0.1, -0.05) is 12.1 Å². The molecule has 25 heavy (non-hydrogen) atoms. The van der Waals surface area contributed by atoms with E-state index >= 15 is 0 Å². The second kappa shape index (κ2) is 7.47. The van der Waals surface area contributed by atoms with Crippen molar-refractivity contribution in [2.45, 2.75) is 32.2 Å². The molecule has 5 nitrogen and oxygen atoms in total. The lowest BCUT2D eigenvalue weighted by molar-refractivity contribution is 0.249. The summed E-state index contributed by atoms with van der Waals surface area (Å²) in [5.41, 5.74) is 4.51. The summed E-state index contributed by atoms with van der Waals surface area (Å²) < 4.78 is 10.6. The first-order chi connectivity index (χ1) is 12.1. The zero-order chi connectivity index (χ0) is 17.8. The summed E-state index contributed by atoms with van der Waals surface area (Å²) in [7, 11) is 3.20. The maximum atomic E-state index is 12.3. The van der Waals surface area contributed by atoms with Crippen LogP contribution in [0, 0.1) is 0 Å². The van der Waals surface area contributed by atoms with Gasteiger partial charge in [-0.05, 0) is 67.1 Å². The van der Waals surface area contributed by atoms with Crippen LogP contribution in [0.1, 0.15) is 36.1 Å². The zero-order valence-electron chi connectivity index (χ0n) is 14.9. The highest BCUT2D eigenvalue weighted by atomic mass is 16.5. The number of methoxy groups -OCH3 is 2. The van der Waals surface area contributed by atoms with Gasteiger partial charge in [0.15, 0.2) is 11.5 Å². The van der Waals surface area contributed by atoms with Crippen molar-refractivity contribution in [1.82, 2.24) is 5.32 Å². The Labute approximate surface area is 148 Å². The third-order valence-electron chi connectivity index (χ3n) is 4.61. The molecule has 1 atom stereocenters. The maximum Gasteiger partial charge on any atom is 0.319 e. The number of ether oxygens (including phenoxy) is 2. The highest BCUT2D eigenvalue weighted by Crippen LogP contribution is 2.30. The maximum absolute atomic E-state index is 12.3. The Bertz CT molecular complexity index is 774. The molecule has 0 bridgehead atoms. The third kappa shape index (κ3) is 3.87. The van der Waals surface area contributed by atoms with Gasteiger partial charge in [0, 0.05) is 5.69 Å². The van der Waals surface area contributed by atoms with Gasteiger partial charge in [-0.2, -0.15) is 0 Å². The van der Waals surface area contributed by atoms with E-state index in [1.165, 1.54) is 17.5 Å². The predicted molar refractivity (Wildman–Crippen MR) is 98.6 cm³/mol. The molecule has 1 aliphatic rings. The highest BCUT2D eigenvalue weighted by molar-refractivity contribution is 5.89. The first-order valence-corrected chi connectivity index (χ1v) is 8.52. The molecule has 2 aromatic rings. The minimum Gasteiger partial charge on any atom is -0.493 e. The number of fused-ring (bicyclic) bond motifs is 1. The minimum absolute atomic E-state index is 0.158. The lowest BCUT2D eigenvalue weighted by atomic mass is 10.1. The number of nitrogens with one attached hydrogen (secondary N) is 2. The van der Waals surface area contributed by atoms with Gasteiger partial charge in [0.05, 0.1) is 20.3 Å². The van der Waals surface area contributed by atoms with Crippen molar-refractivity contribution in [3.05, 3.63) is 53.1 Å². The first kappa shape index (κ1) is 17.1. The van der Waals surface area contributed by atoms with E-state index in [0.29, 0.717) is 11.5 Å². The second-order valence-electron chi connectivity index (χ2n) is 6.27. The SMILES string of the molecule is COc1ccc([C@H](C)NC(=O)Nc2ccc3c(c2)CCC3)cc1OC. The van der Waals surface area contributed by atoms with Gasteiger partial charge in [0.1, 0.15) is 0 Å². The van der Waals surface area contributed by atoms with Crippen molar-refractivity contribution >= 4 is 11.7 Å². The molecule has 0 aliphatic heterocycles. The largest absolute Gasteiger partial charge is 0.493 e. The van der Waals surface area contributed by atoms with Gasteiger partial charge < -0.3 is 20.1 Å². The van der Waals surface area contributed by atoms with Crippen LogP contribution in [0.15, 0.2) is 36.4 Å². The number of hydrogen-bond donors (Lipinski definition) is 2. The highest BCUT2D eigenvalue weighted by Gasteiger charge is 2.14. The molecule has 2 N–H and O–H groups in total. The number of amides is 2. The van der Waals surface area contributed by atoms with Crippen LogP contribution in [0.5, 0.6) is 11.5 Å². The van der Waals surface area contributed by atoms with Crippen molar-refractivity contribution in [1.29, 1.82) is 0 Å². The van der Waals surface area contributed by atoms with E-state index in [0.717, 1.165) is 24.1 Å². The number of aryl methyl sites for hydroxylation is 2. The van der Waals surface area contributed by atoms with E-state index in [1.807, 2.05) is 31.2 Å². The first-order valence-electron chi connectivity index (χ1n) is 8.52. The smallest absolute Gasteiger partial charge is 0.319 e. The van der Waals surface area contributed by atoms with Gasteiger partial charge >= 0.3 is 6.03 Å². The third-order valence-corrected chi connectivity index (χ3v) is 4.61. The van der Waals surface area contributed by atoms with Crippen LogP contribution in [0.3, 0.4) is 0 Å². The Morgan fingerprint density at radius 3 is 2.52 bits per heavy atom. The monoisotopic (exact) mass is 340 g/mol. The average molecular weight is 340 g/mol. The van der Waals surface area contributed by atoms with E-state index in [2.05, 4.69) is 22.8 Å². The summed E-state index contributed by atoms with van der Waals surface area (Å²) >= 11 is 0. The van der Waals surface area contributed by atoms with Crippen LogP contribution in [-0.4, -0.2) is 20.3 Å². The van der Waals surface area contributed by atoms with E-state index in [9.17, 15) is 4.79 Å². The number of rotatable bonds is 5. The quantitative estimate of drug-likeness (QED) is 0.862. The summed E-state index contributed by atoms with van der Waals surface area (Å²) in [6.45, 7) is 1.93. The van der Waals surface area contributed by atoms with Crippen LogP contribution in [0.2, 0.25) is 0 Å². The van der Waals surface area contributed by atoms with Crippen LogP contribution in [-0.2, 0) is 12.8 Å². The number of hydrogen-bond acceptors (Lipinski definition) is 3. The molecule has 2 amide bonds. The molecule has 1 aliphatic carbocycles. The average Bonchev–Trinajstić information content (AvgIpc) is 3.08. The van der Waals surface area contributed by atoms with Crippen LogP contribution in [0.4, 0.5) is 10.5 Å². The van der Waals surface area contributed by atoms with Crippen LogP contribution < -0.4 is 20.1 Å². The number of urea groups is 1. The lowest BCUT2D eigenvalue weighted by Gasteiger charge is -2.17. The van der Waals surface area contributed by atoms with Gasteiger partial charge in [0.2, 0.25) is 0 Å². The molecule has 5 heteroatoms. The van der Waals surface area contributed by atoms with Gasteiger partial charge in [-0.3, -0.25) is 0 Å². The van der Waals surface area contributed by atoms with Crippen molar-refractivity contribution in [2.24, 2.45) is 0 Å². The van der Waals surface area contributed by atoms with Gasteiger partial charge in [-0.25, -0.2) is 4.79 Å². The Morgan fingerprint density at radius 2 is 1.76 bits per heavy atom.